The number of hydrogen-bond acceptors (Lipinski definition) is 1. The summed E-state index contributed by atoms with van der Waals surface area (Å²) in [7, 11) is 0. The summed E-state index contributed by atoms with van der Waals surface area (Å²) in [5.41, 5.74) is 2.85. The van der Waals surface area contributed by atoms with E-state index in [9.17, 15) is 4.79 Å². The molecule has 0 N–H and O–H groups in total. The molecule has 0 saturated heterocycles. The summed E-state index contributed by atoms with van der Waals surface area (Å²) >= 11 is 0. The van der Waals surface area contributed by atoms with E-state index in [4.69, 9.17) is 0 Å². The van der Waals surface area contributed by atoms with Gasteiger partial charge in [-0.2, -0.15) is 0 Å². The van der Waals surface area contributed by atoms with Crippen molar-refractivity contribution in [1.82, 2.24) is 4.90 Å². The first-order valence-electron chi connectivity index (χ1n) is 6.75. The predicted octanol–water partition coefficient (Wildman–Crippen LogP) is 3.94. The molecule has 0 saturated carbocycles. The first-order chi connectivity index (χ1) is 8.88. The van der Waals surface area contributed by atoms with Crippen LogP contribution < -0.4 is 4.90 Å². The van der Waals surface area contributed by atoms with Crippen LogP contribution in [0.1, 0.15) is 33.3 Å². The van der Waals surface area contributed by atoms with Gasteiger partial charge in [-0.1, -0.05) is 18.2 Å². The number of para-hydroxylation sites is 1. The minimum atomic E-state index is -0.227. The largest absolute Gasteiger partial charge is 0.329 e. The Morgan fingerprint density at radius 3 is 2.37 bits per heavy atom. The number of carbonyl (C=O) groups excluding carboxylic acids is 1. The second kappa shape index (κ2) is 4.72. The average molecular weight is 258 g/mol. The number of carbonyl (C=O) groups is 1. The number of benzene rings is 1. The van der Waals surface area contributed by atoms with Crippen LogP contribution in [0.2, 0.25) is 0 Å². The lowest BCUT2D eigenvalue weighted by atomic mass is 9.98. The number of rotatable bonds is 2. The summed E-state index contributed by atoms with van der Waals surface area (Å²) in [4.78, 5) is 16.5. The van der Waals surface area contributed by atoms with E-state index in [0.29, 0.717) is 6.54 Å². The van der Waals surface area contributed by atoms with E-state index in [1.54, 1.807) is 0 Å². The molecule has 0 fully saturated rings. The van der Waals surface area contributed by atoms with Crippen molar-refractivity contribution in [3.63, 3.8) is 0 Å². The maximum absolute atomic E-state index is 12.7. The predicted molar refractivity (Wildman–Crippen MR) is 79.3 cm³/mol. The second-order valence-electron chi connectivity index (χ2n) is 5.59. The minimum Gasteiger partial charge on any atom is -0.316 e. The van der Waals surface area contributed by atoms with Gasteiger partial charge in [-0.05, 0) is 52.3 Å². The molecule has 102 valence electrons. The lowest BCUT2D eigenvalue weighted by Gasteiger charge is -2.44. The summed E-state index contributed by atoms with van der Waals surface area (Å²) in [6, 6.07) is 8.05. The molecule has 1 aliphatic rings. The van der Waals surface area contributed by atoms with Crippen molar-refractivity contribution in [3.8, 4) is 0 Å². The molecule has 0 aliphatic carbocycles. The summed E-state index contributed by atoms with van der Waals surface area (Å²) < 4.78 is 0. The van der Waals surface area contributed by atoms with Gasteiger partial charge in [-0.25, -0.2) is 4.79 Å². The van der Waals surface area contributed by atoms with Gasteiger partial charge >= 0.3 is 6.03 Å². The Labute approximate surface area is 115 Å². The van der Waals surface area contributed by atoms with Crippen LogP contribution in [0.25, 0.3) is 0 Å². The van der Waals surface area contributed by atoms with Crippen LogP contribution in [0.3, 0.4) is 0 Å². The molecule has 0 unspecified atom stereocenters. The van der Waals surface area contributed by atoms with Gasteiger partial charge in [0.15, 0.2) is 0 Å². The van der Waals surface area contributed by atoms with Gasteiger partial charge in [0.25, 0.3) is 0 Å². The molecule has 0 atom stereocenters. The third-order valence-electron chi connectivity index (χ3n) is 3.71. The Hall–Kier alpha value is -1.77. The van der Waals surface area contributed by atoms with E-state index < -0.39 is 0 Å². The third-order valence-corrected chi connectivity index (χ3v) is 3.71. The summed E-state index contributed by atoms with van der Waals surface area (Å²) in [5, 5.41) is 0. The van der Waals surface area contributed by atoms with Gasteiger partial charge in [-0.3, -0.25) is 4.90 Å². The van der Waals surface area contributed by atoms with Crippen LogP contribution in [0.4, 0.5) is 10.5 Å². The maximum Gasteiger partial charge on any atom is 0.329 e. The van der Waals surface area contributed by atoms with E-state index in [0.717, 1.165) is 16.9 Å². The molecule has 0 bridgehead atoms. The molecule has 1 aromatic rings. The van der Waals surface area contributed by atoms with Crippen molar-refractivity contribution in [3.05, 3.63) is 41.6 Å². The monoisotopic (exact) mass is 258 g/mol. The third kappa shape index (κ3) is 2.25. The van der Waals surface area contributed by atoms with Crippen molar-refractivity contribution in [2.24, 2.45) is 0 Å². The van der Waals surface area contributed by atoms with Crippen molar-refractivity contribution < 1.29 is 4.79 Å². The molecule has 1 aromatic carbocycles. The number of hydrogen-bond donors (Lipinski definition) is 0. The molecule has 3 nitrogen and oxygen atoms in total. The summed E-state index contributed by atoms with van der Waals surface area (Å²) in [6.45, 7) is 10.9. The topological polar surface area (TPSA) is 23.6 Å². The number of anilines is 1. The number of nitrogens with zero attached hydrogens (tertiary/aromatic N) is 2. The van der Waals surface area contributed by atoms with Crippen molar-refractivity contribution in [2.75, 3.05) is 11.4 Å². The van der Waals surface area contributed by atoms with Crippen LogP contribution >= 0.6 is 0 Å². The normalized spacial score (nSPS) is 18.6. The van der Waals surface area contributed by atoms with Crippen molar-refractivity contribution in [1.29, 1.82) is 0 Å². The number of allylic oxidation sites excluding steroid dienone is 1. The van der Waals surface area contributed by atoms with E-state index in [1.807, 2.05) is 54.8 Å². The molecule has 0 radical (unpaired) electrons. The molecule has 1 aliphatic heterocycles. The zero-order chi connectivity index (χ0) is 14.2. The second-order valence-corrected chi connectivity index (χ2v) is 5.59. The highest BCUT2D eigenvalue weighted by Gasteiger charge is 2.37. The molecular weight excluding hydrogens is 236 g/mol. The number of aryl methyl sites for hydroxylation is 1. The summed E-state index contributed by atoms with van der Waals surface area (Å²) in [6.07, 6.45) is 2.16. The maximum atomic E-state index is 12.7. The average Bonchev–Trinajstić information content (AvgIpc) is 2.30. The van der Waals surface area contributed by atoms with Gasteiger partial charge in [0.05, 0.1) is 11.2 Å². The van der Waals surface area contributed by atoms with Gasteiger partial charge < -0.3 is 4.90 Å². The Balaban J connectivity index is 2.53. The molecule has 3 heteroatoms. The van der Waals surface area contributed by atoms with E-state index in [2.05, 4.69) is 19.9 Å². The lowest BCUT2D eigenvalue weighted by molar-refractivity contribution is 0.165. The quantitative estimate of drug-likeness (QED) is 0.788. The first-order valence-corrected chi connectivity index (χ1v) is 6.75. The fourth-order valence-electron chi connectivity index (χ4n) is 2.82. The van der Waals surface area contributed by atoms with Crippen molar-refractivity contribution >= 4 is 11.7 Å². The van der Waals surface area contributed by atoms with Crippen LogP contribution in [0.5, 0.6) is 0 Å². The van der Waals surface area contributed by atoms with Crippen LogP contribution in [-0.2, 0) is 0 Å². The standard InChI is InChI=1S/C16H22N2O/c1-6-17-15(19)18(13(3)11-16(17,4)5)14-10-8-7-9-12(14)2/h7-11H,6H2,1-5H3. The SMILES string of the molecule is CCN1C(=O)N(c2ccccc2C)C(C)=CC1(C)C. The highest BCUT2D eigenvalue weighted by molar-refractivity contribution is 5.97. The molecular formula is C16H22N2O. The zero-order valence-electron chi connectivity index (χ0n) is 12.4. The molecule has 2 rings (SSSR count). The lowest BCUT2D eigenvalue weighted by Crippen LogP contribution is -2.56. The van der Waals surface area contributed by atoms with Gasteiger partial charge in [-0.15, -0.1) is 0 Å². The number of likely N-dealkylation sites (N-methyl/N-ethyl adjacent to an activating group) is 1. The fraction of sp³-hybridized carbons (Fsp3) is 0.438. The number of urea groups is 1. The van der Waals surface area contributed by atoms with E-state index >= 15 is 0 Å². The Morgan fingerprint density at radius 2 is 1.79 bits per heavy atom. The van der Waals surface area contributed by atoms with Crippen LogP contribution in [-0.4, -0.2) is 23.0 Å². The van der Waals surface area contributed by atoms with Crippen molar-refractivity contribution in [2.45, 2.75) is 40.2 Å². The first kappa shape index (κ1) is 13.7. The van der Waals surface area contributed by atoms with E-state index in [1.165, 1.54) is 0 Å². The van der Waals surface area contributed by atoms with Gasteiger partial charge in [0.2, 0.25) is 0 Å². The highest BCUT2D eigenvalue weighted by atomic mass is 16.2. The van der Waals surface area contributed by atoms with Gasteiger partial charge in [0.1, 0.15) is 0 Å². The molecule has 2 amide bonds. The minimum absolute atomic E-state index is 0.0572. The molecule has 1 heterocycles. The highest BCUT2D eigenvalue weighted by Crippen LogP contribution is 2.32. The Bertz CT molecular complexity index is 531. The fourth-order valence-corrected chi connectivity index (χ4v) is 2.82. The molecule has 0 spiro atoms. The van der Waals surface area contributed by atoms with Crippen LogP contribution in [0, 0.1) is 6.92 Å². The van der Waals surface area contributed by atoms with Crippen LogP contribution in [0.15, 0.2) is 36.0 Å². The molecule has 19 heavy (non-hydrogen) atoms. The Kier molecular flexibility index (Phi) is 3.40. The van der Waals surface area contributed by atoms with E-state index in [-0.39, 0.29) is 11.6 Å². The van der Waals surface area contributed by atoms with Gasteiger partial charge in [0, 0.05) is 12.2 Å². The Morgan fingerprint density at radius 1 is 1.16 bits per heavy atom. The molecule has 0 aromatic heterocycles. The zero-order valence-corrected chi connectivity index (χ0v) is 12.4. The number of amides is 2. The summed E-state index contributed by atoms with van der Waals surface area (Å²) in [5.74, 6) is 0. The smallest absolute Gasteiger partial charge is 0.316 e.